The zero-order chi connectivity index (χ0) is 13.1. The van der Waals surface area contributed by atoms with Gasteiger partial charge >= 0.3 is 5.97 Å². The molecule has 18 heavy (non-hydrogen) atoms. The van der Waals surface area contributed by atoms with Crippen LogP contribution in [0, 0.1) is 11.6 Å². The second-order valence-electron chi connectivity index (χ2n) is 3.95. The second-order valence-corrected chi connectivity index (χ2v) is 3.95. The minimum absolute atomic E-state index is 0.352. The molecule has 0 atom stereocenters. The van der Waals surface area contributed by atoms with Crippen molar-refractivity contribution in [1.29, 1.82) is 0 Å². The highest BCUT2D eigenvalue weighted by Crippen LogP contribution is 2.18. The summed E-state index contributed by atoms with van der Waals surface area (Å²) in [6, 6.07) is 2.06. The van der Waals surface area contributed by atoms with E-state index in [2.05, 4.69) is 0 Å². The highest BCUT2D eigenvalue weighted by Gasteiger charge is 2.19. The van der Waals surface area contributed by atoms with Crippen molar-refractivity contribution >= 4 is 5.97 Å². The van der Waals surface area contributed by atoms with Gasteiger partial charge in [0.05, 0.1) is 13.2 Å². The minimum Gasteiger partial charge on any atom is -0.477 e. The Morgan fingerprint density at radius 1 is 1.28 bits per heavy atom. The summed E-state index contributed by atoms with van der Waals surface area (Å²) in [6.45, 7) is 1.04. The lowest BCUT2D eigenvalue weighted by molar-refractivity contribution is -0.0462. The smallest absolute Gasteiger partial charge is 0.341 e. The van der Waals surface area contributed by atoms with Gasteiger partial charge in [0, 0.05) is 6.42 Å². The summed E-state index contributed by atoms with van der Waals surface area (Å²) < 4.78 is 37.1. The van der Waals surface area contributed by atoms with Crippen LogP contribution >= 0.6 is 0 Å². The molecule has 1 saturated heterocycles. The largest absolute Gasteiger partial charge is 0.477 e. The molecule has 1 fully saturated rings. The first-order valence-electron chi connectivity index (χ1n) is 5.52. The molecule has 0 radical (unpaired) electrons. The van der Waals surface area contributed by atoms with Crippen molar-refractivity contribution in [2.75, 3.05) is 13.2 Å². The van der Waals surface area contributed by atoms with E-state index >= 15 is 0 Å². The van der Waals surface area contributed by atoms with Crippen molar-refractivity contribution in [3.63, 3.8) is 0 Å². The highest BCUT2D eigenvalue weighted by molar-refractivity contribution is 5.88. The molecular formula is C12H12F2O4. The predicted octanol–water partition coefficient (Wildman–Crippen LogP) is 1.97. The summed E-state index contributed by atoms with van der Waals surface area (Å²) >= 11 is 0. The number of carboxylic acids is 1. The average molecular weight is 258 g/mol. The Hall–Kier alpha value is -1.53. The van der Waals surface area contributed by atoms with E-state index in [1.54, 1.807) is 0 Å². The number of hydrogen-bond donors (Lipinski definition) is 1. The molecular weight excluding hydrogens is 246 g/mol. The molecule has 0 aromatic heterocycles. The number of carboxylic acid groups (broad SMARTS) is 1. The van der Waals surface area contributed by atoms with Crippen molar-refractivity contribution in [1.82, 2.24) is 0 Å². The molecule has 6 heteroatoms. The average Bonchev–Trinajstić information content (AvgIpc) is 2.77. The van der Waals surface area contributed by atoms with Crippen molar-refractivity contribution in [2.24, 2.45) is 0 Å². The van der Waals surface area contributed by atoms with E-state index in [4.69, 9.17) is 14.6 Å². The van der Waals surface area contributed by atoms with Crippen LogP contribution < -0.4 is 0 Å². The van der Waals surface area contributed by atoms with Crippen LogP contribution in [0.3, 0.4) is 0 Å². The fourth-order valence-corrected chi connectivity index (χ4v) is 1.83. The number of hydrogen-bond acceptors (Lipinski definition) is 3. The first kappa shape index (κ1) is 12.9. The van der Waals surface area contributed by atoms with Crippen LogP contribution in [0.25, 0.3) is 0 Å². The van der Waals surface area contributed by atoms with Gasteiger partial charge in [0.2, 0.25) is 0 Å². The number of aromatic carboxylic acids is 1. The predicted molar refractivity (Wildman–Crippen MR) is 57.3 cm³/mol. The zero-order valence-electron chi connectivity index (χ0n) is 9.49. The third-order valence-corrected chi connectivity index (χ3v) is 2.68. The Labute approximate surface area is 102 Å². The summed E-state index contributed by atoms with van der Waals surface area (Å²) in [7, 11) is 0. The van der Waals surface area contributed by atoms with Gasteiger partial charge in [0.25, 0.3) is 0 Å². The molecule has 0 bridgehead atoms. The lowest BCUT2D eigenvalue weighted by Gasteiger charge is -2.09. The molecule has 0 unspecified atom stereocenters. The van der Waals surface area contributed by atoms with Crippen molar-refractivity contribution in [2.45, 2.75) is 19.1 Å². The number of carbonyl (C=O) groups is 1. The van der Waals surface area contributed by atoms with Crippen LogP contribution in [0.5, 0.6) is 0 Å². The van der Waals surface area contributed by atoms with E-state index in [1.165, 1.54) is 0 Å². The number of rotatable bonds is 4. The number of halogens is 2. The van der Waals surface area contributed by atoms with Crippen molar-refractivity contribution < 1.29 is 28.2 Å². The van der Waals surface area contributed by atoms with Gasteiger partial charge in [-0.1, -0.05) is 0 Å². The topological polar surface area (TPSA) is 55.8 Å². The first-order chi connectivity index (χ1) is 8.58. The van der Waals surface area contributed by atoms with Crippen LogP contribution in [0.15, 0.2) is 12.1 Å². The molecule has 1 aromatic carbocycles. The molecule has 0 spiro atoms. The Bertz CT molecular complexity index is 432. The van der Waals surface area contributed by atoms with Crippen LogP contribution in [0.4, 0.5) is 8.78 Å². The monoisotopic (exact) mass is 258 g/mol. The van der Waals surface area contributed by atoms with E-state index in [0.717, 1.165) is 12.1 Å². The van der Waals surface area contributed by atoms with Gasteiger partial charge < -0.3 is 14.6 Å². The number of benzene rings is 1. The number of ether oxygens (including phenoxy) is 2. The zero-order valence-corrected chi connectivity index (χ0v) is 9.49. The molecule has 0 amide bonds. The highest BCUT2D eigenvalue weighted by atomic mass is 19.1. The molecule has 98 valence electrons. The first-order valence-corrected chi connectivity index (χ1v) is 5.52. The minimum atomic E-state index is -1.61. The quantitative estimate of drug-likeness (QED) is 0.897. The summed E-state index contributed by atoms with van der Waals surface area (Å²) in [5, 5.41) is 8.62. The fourth-order valence-electron chi connectivity index (χ4n) is 1.83. The van der Waals surface area contributed by atoms with Gasteiger partial charge in [0.1, 0.15) is 17.2 Å². The SMILES string of the molecule is O=C(O)c1c(F)cc(CCC2OCCO2)cc1F. The molecule has 0 saturated carbocycles. The second kappa shape index (κ2) is 5.41. The Morgan fingerprint density at radius 2 is 1.83 bits per heavy atom. The summed E-state index contributed by atoms with van der Waals surface area (Å²) in [5.74, 6) is -3.74. The molecule has 4 nitrogen and oxygen atoms in total. The van der Waals surface area contributed by atoms with Gasteiger partial charge in [-0.3, -0.25) is 0 Å². The molecule has 0 aliphatic carbocycles. The molecule has 2 rings (SSSR count). The lowest BCUT2D eigenvalue weighted by atomic mass is 10.1. The molecule has 1 heterocycles. The van der Waals surface area contributed by atoms with Gasteiger partial charge in [-0.2, -0.15) is 0 Å². The van der Waals surface area contributed by atoms with E-state index in [1.807, 2.05) is 0 Å². The van der Waals surface area contributed by atoms with E-state index < -0.39 is 23.2 Å². The molecule has 1 aromatic rings. The third-order valence-electron chi connectivity index (χ3n) is 2.68. The maximum atomic E-state index is 13.4. The third kappa shape index (κ3) is 2.83. The Morgan fingerprint density at radius 3 is 2.33 bits per heavy atom. The van der Waals surface area contributed by atoms with Crippen molar-refractivity contribution in [3.05, 3.63) is 34.9 Å². The lowest BCUT2D eigenvalue weighted by Crippen LogP contribution is -2.10. The summed E-state index contributed by atoms with van der Waals surface area (Å²) in [5.41, 5.74) is -0.541. The maximum absolute atomic E-state index is 13.4. The van der Waals surface area contributed by atoms with E-state index in [-0.39, 0.29) is 6.29 Å². The summed E-state index contributed by atoms with van der Waals surface area (Å²) in [4.78, 5) is 10.6. The Kier molecular flexibility index (Phi) is 3.88. The van der Waals surface area contributed by atoms with E-state index in [0.29, 0.717) is 31.6 Å². The van der Waals surface area contributed by atoms with E-state index in [9.17, 15) is 13.6 Å². The van der Waals surface area contributed by atoms with Crippen LogP contribution in [0.1, 0.15) is 22.3 Å². The van der Waals surface area contributed by atoms with Crippen LogP contribution in [-0.4, -0.2) is 30.6 Å². The van der Waals surface area contributed by atoms with Gasteiger partial charge in [-0.05, 0) is 24.1 Å². The number of aryl methyl sites for hydroxylation is 1. The maximum Gasteiger partial charge on any atom is 0.341 e. The van der Waals surface area contributed by atoms with Crippen LogP contribution in [-0.2, 0) is 15.9 Å². The molecule has 1 N–H and O–H groups in total. The normalized spacial score (nSPS) is 16.1. The molecule has 1 aliphatic rings. The van der Waals surface area contributed by atoms with Gasteiger partial charge in [-0.15, -0.1) is 0 Å². The standard InChI is InChI=1S/C12H12F2O4/c13-8-5-7(1-2-10-17-3-4-18-10)6-9(14)11(8)12(15)16/h5-6,10H,1-4H2,(H,15,16). The van der Waals surface area contributed by atoms with Crippen molar-refractivity contribution in [3.8, 4) is 0 Å². The summed E-state index contributed by atoms with van der Waals surface area (Å²) in [6.07, 6.45) is 0.485. The van der Waals surface area contributed by atoms with Crippen LogP contribution in [0.2, 0.25) is 0 Å². The fraction of sp³-hybridized carbons (Fsp3) is 0.417. The molecule has 1 aliphatic heterocycles. The van der Waals surface area contributed by atoms with Gasteiger partial charge in [0.15, 0.2) is 6.29 Å². The van der Waals surface area contributed by atoms with Gasteiger partial charge in [-0.25, -0.2) is 13.6 Å². The Balaban J connectivity index is 2.07.